The molecule has 0 aromatic heterocycles. The number of ether oxygens (including phenoxy) is 1. The van der Waals surface area contributed by atoms with Gasteiger partial charge in [-0.25, -0.2) is 4.39 Å². The molecule has 3 nitrogen and oxygen atoms in total. The van der Waals surface area contributed by atoms with E-state index >= 15 is 0 Å². The number of hydrazine groups is 1. The molecule has 0 bridgehead atoms. The maximum absolute atomic E-state index is 13.4. The van der Waals surface area contributed by atoms with Crippen molar-refractivity contribution in [3.05, 3.63) is 34.6 Å². The van der Waals surface area contributed by atoms with E-state index in [1.54, 1.807) is 6.07 Å². The Morgan fingerprint density at radius 1 is 1.61 bits per heavy atom. The zero-order valence-corrected chi connectivity index (χ0v) is 11.1. The zero-order valence-electron chi connectivity index (χ0n) is 10.3. The van der Waals surface area contributed by atoms with Crippen molar-refractivity contribution < 1.29 is 9.13 Å². The Labute approximate surface area is 111 Å². The van der Waals surface area contributed by atoms with Gasteiger partial charge in [-0.05, 0) is 36.5 Å². The molecule has 1 saturated heterocycles. The molecule has 0 saturated carbocycles. The van der Waals surface area contributed by atoms with Crippen molar-refractivity contribution in [2.75, 3.05) is 6.61 Å². The summed E-state index contributed by atoms with van der Waals surface area (Å²) in [6.07, 6.45) is 1.74. The van der Waals surface area contributed by atoms with Gasteiger partial charge in [-0.1, -0.05) is 24.6 Å². The molecule has 1 aromatic rings. The summed E-state index contributed by atoms with van der Waals surface area (Å²) < 4.78 is 19.1. The van der Waals surface area contributed by atoms with Crippen molar-refractivity contribution in [3.8, 4) is 0 Å². The van der Waals surface area contributed by atoms with Gasteiger partial charge in [0.05, 0.1) is 17.2 Å². The molecule has 2 rings (SSSR count). The van der Waals surface area contributed by atoms with Crippen LogP contribution >= 0.6 is 11.6 Å². The lowest BCUT2D eigenvalue weighted by Gasteiger charge is -2.25. The van der Waals surface area contributed by atoms with E-state index in [-0.39, 0.29) is 17.2 Å². The standard InChI is InChI=1S/C13H18ClFN2O/c1-8-4-5-18-13(8)12(17-16)7-9-2-3-10(14)11(15)6-9/h2-3,6,8,12-13,17H,4-5,7,16H2,1H3. The number of nitrogens with one attached hydrogen (secondary N) is 1. The molecule has 5 heteroatoms. The normalized spacial score (nSPS) is 25.3. The Balaban J connectivity index is 2.07. The summed E-state index contributed by atoms with van der Waals surface area (Å²) in [5.74, 6) is 5.64. The van der Waals surface area contributed by atoms with Crippen molar-refractivity contribution in [1.29, 1.82) is 0 Å². The van der Waals surface area contributed by atoms with Crippen LogP contribution in [0.4, 0.5) is 4.39 Å². The molecule has 3 N–H and O–H groups in total. The van der Waals surface area contributed by atoms with Gasteiger partial charge >= 0.3 is 0 Å². The van der Waals surface area contributed by atoms with Crippen LogP contribution in [-0.4, -0.2) is 18.8 Å². The van der Waals surface area contributed by atoms with E-state index in [0.29, 0.717) is 12.3 Å². The molecule has 100 valence electrons. The lowest BCUT2D eigenvalue weighted by Crippen LogP contribution is -2.47. The van der Waals surface area contributed by atoms with Gasteiger partial charge in [0, 0.05) is 6.61 Å². The maximum Gasteiger partial charge on any atom is 0.142 e. The second-order valence-corrected chi connectivity index (χ2v) is 5.23. The largest absolute Gasteiger partial charge is 0.376 e. The fourth-order valence-electron chi connectivity index (χ4n) is 2.42. The minimum atomic E-state index is -0.398. The van der Waals surface area contributed by atoms with Crippen molar-refractivity contribution in [1.82, 2.24) is 5.43 Å². The average Bonchev–Trinajstić information content (AvgIpc) is 2.77. The number of rotatable bonds is 4. The summed E-state index contributed by atoms with van der Waals surface area (Å²) >= 11 is 5.66. The van der Waals surface area contributed by atoms with Gasteiger partial charge in [-0.2, -0.15) is 0 Å². The lowest BCUT2D eigenvalue weighted by atomic mass is 9.93. The summed E-state index contributed by atoms with van der Waals surface area (Å²) in [5.41, 5.74) is 3.64. The average molecular weight is 273 g/mol. The Bertz CT molecular complexity index is 416. The zero-order chi connectivity index (χ0) is 13.1. The highest BCUT2D eigenvalue weighted by atomic mass is 35.5. The van der Waals surface area contributed by atoms with Gasteiger partial charge in [0.1, 0.15) is 5.82 Å². The highest BCUT2D eigenvalue weighted by Crippen LogP contribution is 2.25. The van der Waals surface area contributed by atoms with E-state index in [4.69, 9.17) is 22.2 Å². The molecule has 3 unspecified atom stereocenters. The molecule has 0 radical (unpaired) electrons. The number of hydrogen-bond acceptors (Lipinski definition) is 3. The van der Waals surface area contributed by atoms with Crippen molar-refractivity contribution >= 4 is 11.6 Å². The smallest absolute Gasteiger partial charge is 0.142 e. The number of hydrogen-bond donors (Lipinski definition) is 2. The molecular weight excluding hydrogens is 255 g/mol. The van der Waals surface area contributed by atoms with Crippen LogP contribution in [0.2, 0.25) is 5.02 Å². The molecule has 1 aliphatic rings. The fourth-order valence-corrected chi connectivity index (χ4v) is 2.54. The summed E-state index contributed by atoms with van der Waals surface area (Å²) in [5, 5.41) is 0.140. The minimum Gasteiger partial charge on any atom is -0.376 e. The van der Waals surface area contributed by atoms with Crippen LogP contribution in [0.1, 0.15) is 18.9 Å². The molecule has 0 aliphatic carbocycles. The Hall–Kier alpha value is -0.680. The van der Waals surface area contributed by atoms with Crippen LogP contribution in [0.3, 0.4) is 0 Å². The first-order valence-corrected chi connectivity index (χ1v) is 6.51. The molecular formula is C13H18ClFN2O. The number of benzene rings is 1. The molecule has 1 heterocycles. The third kappa shape index (κ3) is 3.01. The van der Waals surface area contributed by atoms with Gasteiger partial charge in [0.25, 0.3) is 0 Å². The minimum absolute atomic E-state index is 0.0110. The summed E-state index contributed by atoms with van der Waals surface area (Å²) in [6, 6.07) is 4.82. The highest BCUT2D eigenvalue weighted by molar-refractivity contribution is 6.30. The monoisotopic (exact) mass is 272 g/mol. The molecule has 0 spiro atoms. The predicted octanol–water partition coefficient (Wildman–Crippen LogP) is 2.28. The van der Waals surface area contributed by atoms with E-state index in [1.807, 2.05) is 6.07 Å². The first-order valence-electron chi connectivity index (χ1n) is 6.13. The Morgan fingerprint density at radius 2 is 2.39 bits per heavy atom. The van der Waals surface area contributed by atoms with Gasteiger partial charge in [-0.3, -0.25) is 11.3 Å². The van der Waals surface area contributed by atoms with Crippen molar-refractivity contribution in [2.24, 2.45) is 11.8 Å². The van der Waals surface area contributed by atoms with E-state index in [0.717, 1.165) is 18.6 Å². The molecule has 3 atom stereocenters. The maximum atomic E-state index is 13.4. The van der Waals surface area contributed by atoms with Gasteiger partial charge in [0.15, 0.2) is 0 Å². The van der Waals surface area contributed by atoms with E-state index in [2.05, 4.69) is 12.3 Å². The summed E-state index contributed by atoms with van der Waals surface area (Å²) in [7, 11) is 0. The van der Waals surface area contributed by atoms with Crippen LogP contribution in [0.25, 0.3) is 0 Å². The van der Waals surface area contributed by atoms with Crippen molar-refractivity contribution in [3.63, 3.8) is 0 Å². The lowest BCUT2D eigenvalue weighted by molar-refractivity contribution is 0.0610. The van der Waals surface area contributed by atoms with Crippen molar-refractivity contribution in [2.45, 2.75) is 31.9 Å². The first-order chi connectivity index (χ1) is 8.61. The molecule has 18 heavy (non-hydrogen) atoms. The van der Waals surface area contributed by atoms with Crippen LogP contribution in [0.15, 0.2) is 18.2 Å². The van der Waals surface area contributed by atoms with Crippen LogP contribution in [0, 0.1) is 11.7 Å². The quantitative estimate of drug-likeness (QED) is 0.653. The SMILES string of the molecule is CC1CCOC1C(Cc1ccc(Cl)c(F)c1)NN. The Kier molecular flexibility index (Phi) is 4.56. The number of nitrogens with two attached hydrogens (primary N) is 1. The third-order valence-corrected chi connectivity index (χ3v) is 3.80. The second-order valence-electron chi connectivity index (χ2n) is 4.83. The van der Waals surface area contributed by atoms with Gasteiger partial charge < -0.3 is 4.74 Å². The van der Waals surface area contributed by atoms with E-state index in [1.165, 1.54) is 6.07 Å². The molecule has 1 fully saturated rings. The molecule has 1 aliphatic heterocycles. The van der Waals surface area contributed by atoms with Gasteiger partial charge in [-0.15, -0.1) is 0 Å². The predicted molar refractivity (Wildman–Crippen MR) is 69.7 cm³/mol. The topological polar surface area (TPSA) is 47.3 Å². The van der Waals surface area contributed by atoms with Crippen LogP contribution < -0.4 is 11.3 Å². The Morgan fingerprint density at radius 3 is 2.94 bits per heavy atom. The van der Waals surface area contributed by atoms with Crippen LogP contribution in [0.5, 0.6) is 0 Å². The summed E-state index contributed by atoms with van der Waals surface area (Å²) in [6.45, 7) is 2.91. The first kappa shape index (κ1) is 13.7. The fraction of sp³-hybridized carbons (Fsp3) is 0.538. The van der Waals surface area contributed by atoms with Crippen LogP contribution in [-0.2, 0) is 11.2 Å². The molecule has 0 amide bonds. The molecule has 1 aromatic carbocycles. The van der Waals surface area contributed by atoms with E-state index < -0.39 is 5.82 Å². The highest BCUT2D eigenvalue weighted by Gasteiger charge is 2.31. The third-order valence-electron chi connectivity index (χ3n) is 3.49. The van der Waals surface area contributed by atoms with E-state index in [9.17, 15) is 4.39 Å². The summed E-state index contributed by atoms with van der Waals surface area (Å²) in [4.78, 5) is 0. The second kappa shape index (κ2) is 5.97. The van der Waals surface area contributed by atoms with Gasteiger partial charge in [0.2, 0.25) is 0 Å². The number of halogens is 2.